The standard InChI is InChI=1S/C32H36N2O4/c1-4-17-34-18-16-31(27-10-7-11-29(20-27)38-23(2)35)21-28(14-15-32(31,22-34)37-3)33-30(36)26-13-12-24-8-5-6-9-25(24)19-26/h4-13,19-20,28H,1,14-18,21-22H2,2-3H3,(H,33,36)/t28-,31+,32+/m1/s1. The van der Waals surface area contributed by atoms with Crippen molar-refractivity contribution in [3.63, 3.8) is 0 Å². The topological polar surface area (TPSA) is 67.9 Å². The van der Waals surface area contributed by atoms with Crippen molar-refractivity contribution in [1.82, 2.24) is 10.2 Å². The molecule has 198 valence electrons. The SMILES string of the molecule is C=CCN1CC[C@@]2(c3cccc(OC(C)=O)c3)C[C@H](NC(=O)c3ccc4ccccc4c3)CC[C@]2(OC)C1. The molecule has 1 aliphatic carbocycles. The summed E-state index contributed by atoms with van der Waals surface area (Å²) in [5, 5.41) is 5.51. The maximum Gasteiger partial charge on any atom is 0.308 e. The summed E-state index contributed by atoms with van der Waals surface area (Å²) in [6, 6.07) is 21.7. The minimum atomic E-state index is -0.437. The van der Waals surface area contributed by atoms with Crippen LogP contribution in [-0.2, 0) is 14.9 Å². The quantitative estimate of drug-likeness (QED) is 0.266. The predicted octanol–water partition coefficient (Wildman–Crippen LogP) is 5.26. The number of amides is 1. The number of nitrogens with one attached hydrogen (secondary N) is 1. The first-order chi connectivity index (χ1) is 18.4. The van der Waals surface area contributed by atoms with Crippen LogP contribution in [0.4, 0.5) is 0 Å². The molecular formula is C32H36N2O4. The van der Waals surface area contributed by atoms with E-state index in [4.69, 9.17) is 9.47 Å². The Bertz CT molecular complexity index is 1350. The lowest BCUT2D eigenvalue weighted by Crippen LogP contribution is -2.68. The molecule has 1 amide bonds. The Morgan fingerprint density at radius 1 is 1.08 bits per heavy atom. The van der Waals surface area contributed by atoms with Gasteiger partial charge in [0.1, 0.15) is 5.75 Å². The highest BCUT2D eigenvalue weighted by atomic mass is 16.5. The van der Waals surface area contributed by atoms with E-state index in [2.05, 4.69) is 28.9 Å². The molecule has 0 aromatic heterocycles. The lowest BCUT2D eigenvalue weighted by Gasteiger charge is -2.59. The van der Waals surface area contributed by atoms with Gasteiger partial charge in [-0.1, -0.05) is 48.5 Å². The lowest BCUT2D eigenvalue weighted by atomic mass is 9.55. The number of likely N-dealkylation sites (tertiary alicyclic amines) is 1. The molecule has 0 bridgehead atoms. The van der Waals surface area contributed by atoms with Crippen LogP contribution >= 0.6 is 0 Å². The van der Waals surface area contributed by atoms with Gasteiger partial charge in [-0.3, -0.25) is 14.5 Å². The molecule has 5 rings (SSSR count). The van der Waals surface area contributed by atoms with E-state index in [1.807, 2.05) is 60.7 Å². The predicted molar refractivity (Wildman–Crippen MR) is 149 cm³/mol. The summed E-state index contributed by atoms with van der Waals surface area (Å²) in [5.74, 6) is 0.131. The molecule has 1 heterocycles. The Balaban J connectivity index is 1.47. The van der Waals surface area contributed by atoms with Crippen molar-refractivity contribution in [2.75, 3.05) is 26.7 Å². The zero-order chi connectivity index (χ0) is 26.8. The van der Waals surface area contributed by atoms with E-state index >= 15 is 0 Å². The van der Waals surface area contributed by atoms with Crippen LogP contribution < -0.4 is 10.1 Å². The number of carbonyl (C=O) groups is 2. The Labute approximate surface area is 224 Å². The number of hydrogen-bond donors (Lipinski definition) is 1. The fourth-order valence-electron chi connectivity index (χ4n) is 6.68. The van der Waals surface area contributed by atoms with Gasteiger partial charge in [-0.2, -0.15) is 0 Å². The van der Waals surface area contributed by atoms with E-state index in [0.29, 0.717) is 11.3 Å². The Morgan fingerprint density at radius 3 is 2.66 bits per heavy atom. The van der Waals surface area contributed by atoms with Crippen molar-refractivity contribution in [3.8, 4) is 5.75 Å². The molecule has 1 saturated heterocycles. The third-order valence-electron chi connectivity index (χ3n) is 8.47. The number of ether oxygens (including phenoxy) is 2. The van der Waals surface area contributed by atoms with Gasteiger partial charge in [0.15, 0.2) is 0 Å². The van der Waals surface area contributed by atoms with Crippen molar-refractivity contribution in [3.05, 3.63) is 90.5 Å². The summed E-state index contributed by atoms with van der Waals surface area (Å²) in [5.41, 5.74) is 0.961. The number of rotatable bonds is 7. The summed E-state index contributed by atoms with van der Waals surface area (Å²) >= 11 is 0. The molecule has 3 aromatic rings. The highest BCUT2D eigenvalue weighted by Gasteiger charge is 2.59. The molecule has 0 spiro atoms. The first-order valence-electron chi connectivity index (χ1n) is 13.4. The zero-order valence-electron chi connectivity index (χ0n) is 22.2. The summed E-state index contributed by atoms with van der Waals surface area (Å²) in [6.45, 7) is 7.82. The fourth-order valence-corrected chi connectivity index (χ4v) is 6.68. The van der Waals surface area contributed by atoms with E-state index < -0.39 is 5.60 Å². The van der Waals surface area contributed by atoms with Crippen molar-refractivity contribution in [1.29, 1.82) is 0 Å². The van der Waals surface area contributed by atoms with E-state index in [0.717, 1.165) is 61.7 Å². The number of piperidine rings is 1. The van der Waals surface area contributed by atoms with Crippen LogP contribution in [0.25, 0.3) is 10.8 Å². The van der Waals surface area contributed by atoms with Gasteiger partial charge in [-0.15, -0.1) is 6.58 Å². The maximum atomic E-state index is 13.4. The van der Waals surface area contributed by atoms with Gasteiger partial charge < -0.3 is 14.8 Å². The van der Waals surface area contributed by atoms with Crippen LogP contribution in [0.1, 0.15) is 48.5 Å². The van der Waals surface area contributed by atoms with Gasteiger partial charge in [-0.25, -0.2) is 0 Å². The number of nitrogens with zero attached hydrogens (tertiary/aromatic N) is 1. The van der Waals surface area contributed by atoms with Gasteiger partial charge in [0.2, 0.25) is 0 Å². The summed E-state index contributed by atoms with van der Waals surface area (Å²) in [7, 11) is 1.80. The second-order valence-corrected chi connectivity index (χ2v) is 10.7. The molecule has 1 saturated carbocycles. The molecule has 2 fully saturated rings. The first-order valence-corrected chi connectivity index (χ1v) is 13.4. The number of methoxy groups -OCH3 is 1. The Morgan fingerprint density at radius 2 is 1.89 bits per heavy atom. The first kappa shape index (κ1) is 26.1. The van der Waals surface area contributed by atoms with Crippen molar-refractivity contribution in [2.24, 2.45) is 0 Å². The van der Waals surface area contributed by atoms with Crippen molar-refractivity contribution < 1.29 is 19.1 Å². The summed E-state index contributed by atoms with van der Waals surface area (Å²) in [4.78, 5) is 27.5. The minimum Gasteiger partial charge on any atom is -0.427 e. The number of esters is 1. The van der Waals surface area contributed by atoms with E-state index in [1.165, 1.54) is 6.92 Å². The Hall–Kier alpha value is -3.48. The second-order valence-electron chi connectivity index (χ2n) is 10.7. The Kier molecular flexibility index (Phi) is 7.37. The van der Waals surface area contributed by atoms with Crippen LogP contribution in [0, 0.1) is 0 Å². The van der Waals surface area contributed by atoms with Gasteiger partial charge in [0.25, 0.3) is 5.91 Å². The fraction of sp³-hybridized carbons (Fsp3) is 0.375. The maximum absolute atomic E-state index is 13.4. The van der Waals surface area contributed by atoms with Crippen molar-refractivity contribution >= 4 is 22.6 Å². The van der Waals surface area contributed by atoms with E-state index in [-0.39, 0.29) is 23.3 Å². The molecule has 0 radical (unpaired) electrons. The van der Waals surface area contributed by atoms with Crippen LogP contribution in [0.3, 0.4) is 0 Å². The summed E-state index contributed by atoms with van der Waals surface area (Å²) in [6.07, 6.45) is 5.16. The normalized spacial score (nSPS) is 25.4. The molecule has 38 heavy (non-hydrogen) atoms. The molecule has 6 heteroatoms. The molecule has 0 unspecified atom stereocenters. The molecule has 3 aromatic carbocycles. The molecule has 1 aliphatic heterocycles. The van der Waals surface area contributed by atoms with Gasteiger partial charge in [0.05, 0.1) is 5.60 Å². The average Bonchev–Trinajstić information content (AvgIpc) is 2.92. The largest absolute Gasteiger partial charge is 0.427 e. The van der Waals surface area contributed by atoms with Crippen LogP contribution in [-0.4, -0.2) is 55.2 Å². The number of benzene rings is 3. The number of fused-ring (bicyclic) bond motifs is 2. The highest BCUT2D eigenvalue weighted by Crippen LogP contribution is 2.53. The third-order valence-corrected chi connectivity index (χ3v) is 8.47. The smallest absolute Gasteiger partial charge is 0.308 e. The van der Waals surface area contributed by atoms with Crippen LogP contribution in [0.5, 0.6) is 5.75 Å². The van der Waals surface area contributed by atoms with E-state index in [1.54, 1.807) is 7.11 Å². The molecule has 1 N–H and O–H groups in total. The van der Waals surface area contributed by atoms with Crippen LogP contribution in [0.15, 0.2) is 79.4 Å². The second kappa shape index (κ2) is 10.7. The van der Waals surface area contributed by atoms with Gasteiger partial charge in [-0.05, 0) is 72.8 Å². The molecule has 2 aliphatic rings. The zero-order valence-corrected chi connectivity index (χ0v) is 22.2. The number of hydrogen-bond acceptors (Lipinski definition) is 5. The average molecular weight is 513 g/mol. The minimum absolute atomic E-state index is 0.0134. The van der Waals surface area contributed by atoms with Gasteiger partial charge >= 0.3 is 5.97 Å². The number of carbonyl (C=O) groups excluding carboxylic acids is 2. The van der Waals surface area contributed by atoms with E-state index in [9.17, 15) is 9.59 Å². The monoisotopic (exact) mass is 512 g/mol. The third kappa shape index (κ3) is 4.86. The molecule has 3 atom stereocenters. The lowest BCUT2D eigenvalue weighted by molar-refractivity contribution is -0.146. The highest BCUT2D eigenvalue weighted by molar-refractivity contribution is 5.98. The van der Waals surface area contributed by atoms with Crippen LogP contribution in [0.2, 0.25) is 0 Å². The van der Waals surface area contributed by atoms with Crippen molar-refractivity contribution in [2.45, 2.75) is 49.7 Å². The summed E-state index contributed by atoms with van der Waals surface area (Å²) < 4.78 is 11.9. The molecular weight excluding hydrogens is 476 g/mol. The molecule has 6 nitrogen and oxygen atoms in total. The van der Waals surface area contributed by atoms with Gasteiger partial charge in [0, 0.05) is 44.1 Å².